The zero-order chi connectivity index (χ0) is 49.9. The first-order chi connectivity index (χ1) is 34.7. The summed E-state index contributed by atoms with van der Waals surface area (Å²) in [6.07, 6.45) is 55.7. The largest absolute Gasteiger partial charge is 0.250 e. The van der Waals surface area contributed by atoms with E-state index < -0.39 is 0 Å². The number of aliphatic imine (C=N–C) groups is 2. The van der Waals surface area contributed by atoms with Gasteiger partial charge in [-0.05, 0) is 74.1 Å². The van der Waals surface area contributed by atoms with Gasteiger partial charge in [-0.15, -0.1) is 23.7 Å². The second-order valence-corrected chi connectivity index (χ2v) is 20.6. The number of para-hydroxylation sites is 2. The molecule has 71 heavy (non-hydrogen) atoms. The molecule has 0 bridgehead atoms. The van der Waals surface area contributed by atoms with Gasteiger partial charge in [0.15, 0.2) is 0 Å². The summed E-state index contributed by atoms with van der Waals surface area (Å²) >= 11 is 0. The Hall–Kier alpha value is -3.05. The van der Waals surface area contributed by atoms with E-state index in [2.05, 4.69) is 112 Å². The molecule has 0 amide bonds. The fraction of sp³-hybridized carbons (Fsp3) is 0.706. The van der Waals surface area contributed by atoms with Crippen molar-refractivity contribution in [1.29, 1.82) is 0 Å². The van der Waals surface area contributed by atoms with Gasteiger partial charge in [0.05, 0.1) is 17.1 Å². The molecule has 0 heterocycles. The quantitative estimate of drug-likeness (QED) is 0.0274. The average molecular weight is 1010 g/mol. The van der Waals surface area contributed by atoms with E-state index in [0.717, 1.165) is 87.0 Å². The van der Waals surface area contributed by atoms with Crippen LogP contribution in [0.2, 0.25) is 0 Å². The smallest absolute Gasteiger partial charge is 0.135 e. The number of aryl methyl sites for hydroxylation is 2. The van der Waals surface area contributed by atoms with Gasteiger partial charge < -0.3 is 0 Å². The molecule has 0 aliphatic rings. The minimum atomic E-state index is 0. The van der Waals surface area contributed by atoms with E-state index in [1.54, 1.807) is 0 Å². The first-order valence-corrected chi connectivity index (χ1v) is 30.5. The van der Waals surface area contributed by atoms with Crippen LogP contribution in [-0.4, -0.2) is 11.4 Å². The normalized spacial score (nSPS) is 11.3. The van der Waals surface area contributed by atoms with Crippen LogP contribution in [0.4, 0.5) is 11.4 Å². The predicted molar refractivity (Wildman–Crippen MR) is 314 cm³/mol. The van der Waals surface area contributed by atoms with Gasteiger partial charge in [0, 0.05) is 48.6 Å². The van der Waals surface area contributed by atoms with Gasteiger partial charge in [-0.25, -0.2) is 4.99 Å². The summed E-state index contributed by atoms with van der Waals surface area (Å²) < 4.78 is 0. The summed E-state index contributed by atoms with van der Waals surface area (Å²) in [5.41, 5.74) is 6.46. The molecule has 0 aliphatic heterocycles. The number of rotatable bonds is 44. The summed E-state index contributed by atoms with van der Waals surface area (Å²) in [7, 11) is 0. The van der Waals surface area contributed by atoms with E-state index in [0.29, 0.717) is 0 Å². The Kier molecular flexibility index (Phi) is 48.2. The maximum absolute atomic E-state index is 5.51. The van der Waals surface area contributed by atoms with Gasteiger partial charge in [-0.2, -0.15) is 0 Å². The molecule has 0 N–H and O–H groups in total. The zero-order valence-electron chi connectivity index (χ0n) is 46.9. The van der Waals surface area contributed by atoms with Crippen LogP contribution < -0.4 is 0 Å². The minimum absolute atomic E-state index is 0. The maximum atomic E-state index is 5.51. The first kappa shape index (κ1) is 66.0. The fourth-order valence-corrected chi connectivity index (χ4v) is 9.39. The van der Waals surface area contributed by atoms with Crippen molar-refractivity contribution in [3.05, 3.63) is 59.7 Å². The van der Waals surface area contributed by atoms with Crippen molar-refractivity contribution in [2.24, 2.45) is 9.98 Å². The van der Waals surface area contributed by atoms with Crippen LogP contribution in [0, 0.1) is 35.5 Å². The van der Waals surface area contributed by atoms with E-state index in [4.69, 9.17) is 9.98 Å². The van der Waals surface area contributed by atoms with E-state index >= 15 is 0 Å². The molecule has 2 rings (SSSR count). The number of unbranched alkanes of at least 4 members (excludes halogenated alkanes) is 35. The Balaban J connectivity index is 0.0000252. The summed E-state index contributed by atoms with van der Waals surface area (Å²) in [4.78, 5) is 11.0. The van der Waals surface area contributed by atoms with Gasteiger partial charge in [-0.1, -0.05) is 275 Å². The van der Waals surface area contributed by atoms with Crippen molar-refractivity contribution >= 4 is 22.8 Å². The Labute approximate surface area is 452 Å². The van der Waals surface area contributed by atoms with Crippen molar-refractivity contribution in [3.63, 3.8) is 0 Å². The SMILES string of the molecule is CCCCCCCCCCCCC#CCCc1ccccc1/N=C(C#CCCCCCCCCCCCCCC)\C(CCCCCC)=N\c1ccccc1CCC#CCCCCCCCCCCCC.[Ni]. The minimum Gasteiger partial charge on any atom is -0.250 e. The van der Waals surface area contributed by atoms with Crippen molar-refractivity contribution < 1.29 is 16.5 Å². The van der Waals surface area contributed by atoms with Crippen LogP contribution in [0.3, 0.4) is 0 Å². The van der Waals surface area contributed by atoms with Crippen molar-refractivity contribution in [3.8, 4) is 35.5 Å². The van der Waals surface area contributed by atoms with Crippen LogP contribution >= 0.6 is 0 Å². The fourth-order valence-electron chi connectivity index (χ4n) is 9.39. The monoisotopic (exact) mass is 1010 g/mol. The van der Waals surface area contributed by atoms with E-state index in [-0.39, 0.29) is 16.5 Å². The first-order valence-electron chi connectivity index (χ1n) is 30.5. The Morgan fingerprint density at radius 1 is 0.324 bits per heavy atom. The van der Waals surface area contributed by atoms with Gasteiger partial charge in [0.2, 0.25) is 0 Å². The van der Waals surface area contributed by atoms with Gasteiger partial charge in [0.1, 0.15) is 5.71 Å². The molecule has 0 aliphatic carbocycles. The maximum Gasteiger partial charge on any atom is 0.135 e. The van der Waals surface area contributed by atoms with Gasteiger partial charge >= 0.3 is 0 Å². The van der Waals surface area contributed by atoms with Crippen molar-refractivity contribution in [1.82, 2.24) is 0 Å². The molecule has 0 unspecified atom stereocenters. The molecule has 2 aromatic carbocycles. The van der Waals surface area contributed by atoms with Gasteiger partial charge in [-0.3, -0.25) is 4.99 Å². The molecular formula is C68H108N2Ni. The van der Waals surface area contributed by atoms with E-state index in [1.807, 2.05) is 0 Å². The van der Waals surface area contributed by atoms with Crippen LogP contribution in [0.5, 0.6) is 0 Å². The number of hydrogen-bond acceptors (Lipinski definition) is 2. The standard InChI is InChI=1S/C68H108N2.Ni/c1-5-9-13-17-20-23-26-29-32-35-38-41-44-47-55-63-57-51-53-59-65(63)69-67(61-49-16-12-8-4)68(62-50-46-43-40-37-34-31-28-25-22-19-15-11-7-3)70-66-60-54-52-58-64(66)56-48-45-42-39-36-33-30-27-24-21-18-14-10-6-2;/h51-54,57-60H,5-40,43,46-49,55-56,61H2,1-4H3;/b69-67+,70-68-;. The molecule has 0 aromatic heterocycles. The second kappa shape index (κ2) is 51.8. The molecule has 2 aromatic rings. The number of hydrogen-bond donors (Lipinski definition) is 0. The van der Waals surface area contributed by atoms with Crippen LogP contribution in [-0.2, 0) is 29.3 Å². The summed E-state index contributed by atoms with van der Waals surface area (Å²) in [5.74, 6) is 21.3. The molecule has 0 fully saturated rings. The van der Waals surface area contributed by atoms with E-state index in [1.165, 1.54) is 229 Å². The molecular weight excluding hydrogens is 903 g/mol. The Bertz CT molecular complexity index is 1770. The third-order valence-electron chi connectivity index (χ3n) is 14.0. The summed E-state index contributed by atoms with van der Waals surface area (Å²) in [6.45, 7) is 9.19. The molecule has 0 saturated carbocycles. The second-order valence-electron chi connectivity index (χ2n) is 20.6. The summed E-state index contributed by atoms with van der Waals surface area (Å²) in [5, 5.41) is 0. The Morgan fingerprint density at radius 2 is 0.620 bits per heavy atom. The van der Waals surface area contributed by atoms with Crippen LogP contribution in [0.25, 0.3) is 0 Å². The van der Waals surface area contributed by atoms with Gasteiger partial charge in [0.25, 0.3) is 0 Å². The molecule has 0 spiro atoms. The number of benzene rings is 2. The molecule has 2 nitrogen and oxygen atoms in total. The Morgan fingerprint density at radius 3 is 1.00 bits per heavy atom. The topological polar surface area (TPSA) is 24.7 Å². The summed E-state index contributed by atoms with van der Waals surface area (Å²) in [6, 6.07) is 17.4. The molecule has 400 valence electrons. The zero-order valence-corrected chi connectivity index (χ0v) is 47.9. The molecule has 0 radical (unpaired) electrons. The third kappa shape index (κ3) is 39.1. The molecule has 0 saturated heterocycles. The van der Waals surface area contributed by atoms with Crippen molar-refractivity contribution in [2.45, 2.75) is 310 Å². The van der Waals surface area contributed by atoms with Crippen molar-refractivity contribution in [2.75, 3.05) is 0 Å². The van der Waals surface area contributed by atoms with E-state index in [9.17, 15) is 0 Å². The average Bonchev–Trinajstić information content (AvgIpc) is 3.38. The molecule has 0 atom stereocenters. The van der Waals surface area contributed by atoms with Crippen LogP contribution in [0.1, 0.15) is 308 Å². The predicted octanol–water partition coefficient (Wildman–Crippen LogP) is 22.1. The third-order valence-corrected chi connectivity index (χ3v) is 14.0. The molecule has 3 heteroatoms. The van der Waals surface area contributed by atoms with Crippen LogP contribution in [0.15, 0.2) is 58.5 Å². The number of nitrogens with zero attached hydrogens (tertiary/aromatic N) is 2.